The van der Waals surface area contributed by atoms with Gasteiger partial charge >= 0.3 is 5.97 Å². The topological polar surface area (TPSA) is 68.0 Å². The lowest BCUT2D eigenvalue weighted by Crippen LogP contribution is -2.07. The molecule has 6 heteroatoms. The van der Waals surface area contributed by atoms with Gasteiger partial charge in [0.1, 0.15) is 0 Å². The van der Waals surface area contributed by atoms with Gasteiger partial charge in [-0.15, -0.1) is 0 Å². The third-order valence-corrected chi connectivity index (χ3v) is 2.61. The predicted molar refractivity (Wildman–Crippen MR) is 61.1 cm³/mol. The molecule has 0 fully saturated rings. The Kier molecular flexibility index (Phi) is 2.74. The number of rotatable bonds is 2. The summed E-state index contributed by atoms with van der Waals surface area (Å²) in [6.45, 7) is 0. The maximum atomic E-state index is 11.0. The first-order valence-electron chi connectivity index (χ1n) is 4.47. The number of hydrogen-bond acceptors (Lipinski definition) is 3. The summed E-state index contributed by atoms with van der Waals surface area (Å²) in [7, 11) is 1.59. The number of carboxylic acid groups (broad SMARTS) is 1. The van der Waals surface area contributed by atoms with E-state index >= 15 is 0 Å². The summed E-state index contributed by atoms with van der Waals surface area (Å²) in [5.41, 5.74) is 1.24. The van der Waals surface area contributed by atoms with E-state index < -0.39 is 5.97 Å². The number of hydrogen-bond donors (Lipinski definition) is 1. The van der Waals surface area contributed by atoms with Crippen LogP contribution < -0.4 is 0 Å². The van der Waals surface area contributed by atoms with E-state index in [1.165, 1.54) is 10.9 Å². The first-order valence-corrected chi connectivity index (χ1v) is 5.26. The van der Waals surface area contributed by atoms with Gasteiger partial charge in [-0.05, 0) is 28.1 Å². The van der Waals surface area contributed by atoms with Gasteiger partial charge in [-0.3, -0.25) is 9.67 Å². The minimum Gasteiger partial charge on any atom is -0.477 e. The van der Waals surface area contributed by atoms with E-state index in [4.69, 9.17) is 5.11 Å². The Morgan fingerprint density at radius 2 is 2.19 bits per heavy atom. The molecule has 2 aromatic heterocycles. The first-order chi connectivity index (χ1) is 7.59. The summed E-state index contributed by atoms with van der Waals surface area (Å²) < 4.78 is 2.17. The smallest absolute Gasteiger partial charge is 0.354 e. The number of carbonyl (C=O) groups is 1. The Morgan fingerprint density at radius 1 is 1.44 bits per heavy atom. The van der Waals surface area contributed by atoms with Crippen molar-refractivity contribution in [2.75, 3.05) is 0 Å². The monoisotopic (exact) mass is 281 g/mol. The highest BCUT2D eigenvalue weighted by molar-refractivity contribution is 9.10. The van der Waals surface area contributed by atoms with Gasteiger partial charge < -0.3 is 5.11 Å². The van der Waals surface area contributed by atoms with E-state index in [9.17, 15) is 4.79 Å². The van der Waals surface area contributed by atoms with Gasteiger partial charge in [0.15, 0.2) is 5.69 Å². The second kappa shape index (κ2) is 4.05. The highest BCUT2D eigenvalue weighted by atomic mass is 79.9. The van der Waals surface area contributed by atoms with Crippen LogP contribution in [0.25, 0.3) is 11.3 Å². The lowest BCUT2D eigenvalue weighted by atomic mass is 10.1. The molecule has 2 aromatic rings. The van der Waals surface area contributed by atoms with Crippen LogP contribution in [0.1, 0.15) is 10.5 Å². The summed E-state index contributed by atoms with van der Waals surface area (Å²) in [6, 6.07) is 3.55. The van der Waals surface area contributed by atoms with Gasteiger partial charge in [0.2, 0.25) is 0 Å². The van der Waals surface area contributed by atoms with Crippen molar-refractivity contribution in [2.45, 2.75) is 0 Å². The van der Waals surface area contributed by atoms with Crippen LogP contribution in [0.4, 0.5) is 0 Å². The molecule has 2 heterocycles. The van der Waals surface area contributed by atoms with E-state index in [-0.39, 0.29) is 5.69 Å². The van der Waals surface area contributed by atoms with Crippen molar-refractivity contribution < 1.29 is 9.90 Å². The molecule has 0 amide bonds. The Balaban J connectivity index is 2.56. The molecule has 2 rings (SSSR count). The van der Waals surface area contributed by atoms with E-state index in [1.807, 2.05) is 0 Å². The fourth-order valence-electron chi connectivity index (χ4n) is 1.41. The van der Waals surface area contributed by atoms with Crippen LogP contribution in [0, 0.1) is 0 Å². The van der Waals surface area contributed by atoms with Crippen molar-refractivity contribution >= 4 is 21.9 Å². The van der Waals surface area contributed by atoms with Crippen molar-refractivity contribution in [1.82, 2.24) is 14.8 Å². The highest BCUT2D eigenvalue weighted by Gasteiger charge is 2.17. The van der Waals surface area contributed by atoms with Crippen LogP contribution in [-0.2, 0) is 7.05 Å². The van der Waals surface area contributed by atoms with Crippen LogP contribution in [0.15, 0.2) is 29.0 Å². The lowest BCUT2D eigenvalue weighted by molar-refractivity contribution is 0.0686. The second-order valence-electron chi connectivity index (χ2n) is 3.20. The average molecular weight is 282 g/mol. The molecule has 0 spiro atoms. The number of aromatic nitrogens is 3. The zero-order valence-electron chi connectivity index (χ0n) is 8.38. The van der Waals surface area contributed by atoms with Crippen molar-refractivity contribution in [3.05, 3.63) is 34.7 Å². The van der Waals surface area contributed by atoms with Crippen LogP contribution in [0.5, 0.6) is 0 Å². The van der Waals surface area contributed by atoms with E-state index in [0.717, 1.165) is 4.47 Å². The summed E-state index contributed by atoms with van der Waals surface area (Å²) in [4.78, 5) is 15.2. The Labute approximate surface area is 99.9 Å². The standard InChI is InChI=1S/C10H8BrN3O2/c1-14-9(10(15)16)7(5-13-14)8-3-2-6(11)4-12-8/h2-5H,1H3,(H,15,16). The zero-order valence-corrected chi connectivity index (χ0v) is 9.97. The highest BCUT2D eigenvalue weighted by Crippen LogP contribution is 2.22. The number of pyridine rings is 1. The minimum atomic E-state index is -1.01. The number of halogens is 1. The summed E-state index contributed by atoms with van der Waals surface area (Å²) in [5, 5.41) is 13.0. The molecule has 5 nitrogen and oxygen atoms in total. The van der Waals surface area contributed by atoms with Gasteiger partial charge in [0, 0.05) is 17.7 Å². The van der Waals surface area contributed by atoms with Crippen LogP contribution >= 0.6 is 15.9 Å². The van der Waals surface area contributed by atoms with Crippen LogP contribution in [0.2, 0.25) is 0 Å². The summed E-state index contributed by atoms with van der Waals surface area (Å²) in [6.07, 6.45) is 3.12. The molecule has 16 heavy (non-hydrogen) atoms. The largest absolute Gasteiger partial charge is 0.477 e. The number of aromatic carboxylic acids is 1. The number of nitrogens with zero attached hydrogens (tertiary/aromatic N) is 3. The molecular weight excluding hydrogens is 274 g/mol. The second-order valence-corrected chi connectivity index (χ2v) is 4.11. The van der Waals surface area contributed by atoms with E-state index in [1.54, 1.807) is 25.4 Å². The minimum absolute atomic E-state index is 0.134. The fourth-order valence-corrected chi connectivity index (χ4v) is 1.65. The van der Waals surface area contributed by atoms with Gasteiger partial charge in [-0.25, -0.2) is 4.79 Å². The third-order valence-electron chi connectivity index (χ3n) is 2.14. The van der Waals surface area contributed by atoms with E-state index in [2.05, 4.69) is 26.0 Å². The molecule has 0 saturated carbocycles. The molecule has 0 aliphatic rings. The molecule has 0 unspecified atom stereocenters. The predicted octanol–water partition coefficient (Wildman–Crippen LogP) is 1.94. The number of carboxylic acids is 1. The lowest BCUT2D eigenvalue weighted by Gasteiger charge is -2.00. The molecule has 0 aromatic carbocycles. The Morgan fingerprint density at radius 3 is 2.75 bits per heavy atom. The van der Waals surface area contributed by atoms with Crippen molar-refractivity contribution in [1.29, 1.82) is 0 Å². The maximum Gasteiger partial charge on any atom is 0.354 e. The summed E-state index contributed by atoms with van der Waals surface area (Å²) >= 11 is 3.27. The maximum absolute atomic E-state index is 11.0. The molecule has 0 atom stereocenters. The third kappa shape index (κ3) is 1.83. The average Bonchev–Trinajstić information content (AvgIpc) is 2.61. The molecule has 0 aliphatic carbocycles. The van der Waals surface area contributed by atoms with Gasteiger partial charge in [0.25, 0.3) is 0 Å². The van der Waals surface area contributed by atoms with Gasteiger partial charge in [0.05, 0.1) is 17.5 Å². The molecular formula is C10H8BrN3O2. The first kappa shape index (κ1) is 10.8. The molecule has 0 radical (unpaired) electrons. The molecule has 1 N–H and O–H groups in total. The fraction of sp³-hybridized carbons (Fsp3) is 0.100. The quantitative estimate of drug-likeness (QED) is 0.914. The number of aryl methyl sites for hydroxylation is 1. The van der Waals surface area contributed by atoms with Gasteiger partial charge in [-0.2, -0.15) is 5.10 Å². The molecule has 0 bridgehead atoms. The van der Waals surface area contributed by atoms with Crippen molar-refractivity contribution in [3.8, 4) is 11.3 Å². The van der Waals surface area contributed by atoms with Crippen molar-refractivity contribution in [2.24, 2.45) is 7.05 Å². The zero-order chi connectivity index (χ0) is 11.7. The normalized spacial score (nSPS) is 10.4. The molecule has 0 saturated heterocycles. The molecule has 0 aliphatic heterocycles. The van der Waals surface area contributed by atoms with Gasteiger partial charge in [-0.1, -0.05) is 0 Å². The van der Waals surface area contributed by atoms with E-state index in [0.29, 0.717) is 11.3 Å². The molecule has 82 valence electrons. The Bertz CT molecular complexity index is 533. The Hall–Kier alpha value is -1.69. The summed E-state index contributed by atoms with van der Waals surface area (Å²) in [5.74, 6) is -1.01. The SMILES string of the molecule is Cn1ncc(-c2ccc(Br)cn2)c1C(=O)O. The van der Waals surface area contributed by atoms with Crippen LogP contribution in [0.3, 0.4) is 0 Å². The van der Waals surface area contributed by atoms with Crippen molar-refractivity contribution in [3.63, 3.8) is 0 Å². The van der Waals surface area contributed by atoms with Crippen LogP contribution in [-0.4, -0.2) is 25.8 Å².